The Hall–Kier alpha value is -1.10. The van der Waals surface area contributed by atoms with Gasteiger partial charge in [0.05, 0.1) is 6.04 Å². The highest BCUT2D eigenvalue weighted by atomic mass is 35.5. The summed E-state index contributed by atoms with van der Waals surface area (Å²) in [6, 6.07) is 9.62. The molecule has 5 heteroatoms. The molecule has 110 valence electrons. The first-order chi connectivity index (χ1) is 9.24. The smallest absolute Gasteiger partial charge is 0.241 e. The Kier molecular flexibility index (Phi) is 5.02. The highest BCUT2D eigenvalue weighted by Crippen LogP contribution is 2.27. The molecule has 3 atom stereocenters. The van der Waals surface area contributed by atoms with E-state index in [0.717, 1.165) is 43.7 Å². The molecule has 0 aromatic heterocycles. The molecule has 4 nitrogen and oxygen atoms in total. The van der Waals surface area contributed by atoms with E-state index in [1.165, 1.54) is 0 Å². The van der Waals surface area contributed by atoms with E-state index in [2.05, 4.69) is 15.5 Å². The van der Waals surface area contributed by atoms with Crippen molar-refractivity contribution in [2.24, 2.45) is 11.8 Å². The van der Waals surface area contributed by atoms with Crippen molar-refractivity contribution in [1.82, 2.24) is 10.2 Å². The maximum atomic E-state index is 12.3. The first-order valence-corrected chi connectivity index (χ1v) is 7.04. The average Bonchev–Trinajstić information content (AvgIpc) is 2.99. The van der Waals surface area contributed by atoms with Gasteiger partial charge in [0.25, 0.3) is 0 Å². The number of carbonyl (C=O) groups excluding carboxylic acids is 1. The van der Waals surface area contributed by atoms with E-state index in [1.807, 2.05) is 37.3 Å². The number of hydrogen-bond donors (Lipinski definition) is 2. The predicted octanol–water partition coefficient (Wildman–Crippen LogP) is 1.59. The van der Waals surface area contributed by atoms with Crippen LogP contribution in [0.25, 0.3) is 0 Å². The van der Waals surface area contributed by atoms with Gasteiger partial charge in [-0.25, -0.2) is 0 Å². The van der Waals surface area contributed by atoms with Crippen LogP contribution in [0.5, 0.6) is 0 Å². The Morgan fingerprint density at radius 1 is 1.25 bits per heavy atom. The minimum atomic E-state index is -0.0502. The number of hydrogen-bond acceptors (Lipinski definition) is 3. The van der Waals surface area contributed by atoms with Crippen molar-refractivity contribution in [3.63, 3.8) is 0 Å². The van der Waals surface area contributed by atoms with Gasteiger partial charge in [-0.1, -0.05) is 18.2 Å². The zero-order valence-corrected chi connectivity index (χ0v) is 12.5. The van der Waals surface area contributed by atoms with Crippen LogP contribution in [0.2, 0.25) is 0 Å². The molecule has 2 heterocycles. The predicted molar refractivity (Wildman–Crippen MR) is 83.2 cm³/mol. The van der Waals surface area contributed by atoms with E-state index in [1.54, 1.807) is 0 Å². The molecule has 2 aliphatic heterocycles. The number of nitrogens with one attached hydrogen (secondary N) is 2. The lowest BCUT2D eigenvalue weighted by molar-refractivity contribution is -0.120. The lowest BCUT2D eigenvalue weighted by Gasteiger charge is -2.24. The molecule has 2 fully saturated rings. The summed E-state index contributed by atoms with van der Waals surface area (Å²) in [6.45, 7) is 6.30. The summed E-state index contributed by atoms with van der Waals surface area (Å²) in [4.78, 5) is 14.6. The van der Waals surface area contributed by atoms with E-state index in [-0.39, 0.29) is 24.4 Å². The van der Waals surface area contributed by atoms with Gasteiger partial charge >= 0.3 is 0 Å². The third-order valence-corrected chi connectivity index (χ3v) is 4.39. The van der Waals surface area contributed by atoms with E-state index < -0.39 is 0 Å². The van der Waals surface area contributed by atoms with Crippen LogP contribution in [0, 0.1) is 11.8 Å². The Balaban J connectivity index is 0.00000147. The maximum absolute atomic E-state index is 12.3. The van der Waals surface area contributed by atoms with Crippen LogP contribution in [0.4, 0.5) is 5.69 Å². The number of nitrogens with zero attached hydrogens (tertiary/aromatic N) is 1. The van der Waals surface area contributed by atoms with Crippen molar-refractivity contribution in [2.45, 2.75) is 13.0 Å². The van der Waals surface area contributed by atoms with Gasteiger partial charge < -0.3 is 10.6 Å². The largest absolute Gasteiger partial charge is 0.325 e. The monoisotopic (exact) mass is 295 g/mol. The summed E-state index contributed by atoms with van der Waals surface area (Å²) >= 11 is 0. The Bertz CT molecular complexity index is 442. The fourth-order valence-corrected chi connectivity index (χ4v) is 3.14. The summed E-state index contributed by atoms with van der Waals surface area (Å²) in [5.41, 5.74) is 0.875. The highest BCUT2D eigenvalue weighted by Gasteiger charge is 2.39. The fraction of sp³-hybridized carbons (Fsp3) is 0.533. The number of carbonyl (C=O) groups is 1. The van der Waals surface area contributed by atoms with Gasteiger partial charge in [0.1, 0.15) is 0 Å². The van der Waals surface area contributed by atoms with Crippen LogP contribution in [0.15, 0.2) is 30.3 Å². The topological polar surface area (TPSA) is 44.4 Å². The Morgan fingerprint density at radius 3 is 2.45 bits per heavy atom. The van der Waals surface area contributed by atoms with E-state index in [4.69, 9.17) is 0 Å². The highest BCUT2D eigenvalue weighted by molar-refractivity contribution is 5.94. The molecule has 1 unspecified atom stereocenters. The molecular formula is C15H22ClN3O. The standard InChI is InChI=1S/C15H21N3O.ClH/c1-11(15(19)17-14-5-3-2-4-6-14)18-9-12-7-16-8-13(12)10-18;/h2-6,11-13,16H,7-10H2,1H3,(H,17,19);1H/t11?,12-,13+;. The van der Waals surface area contributed by atoms with Crippen LogP contribution >= 0.6 is 12.4 Å². The minimum Gasteiger partial charge on any atom is -0.325 e. The molecule has 2 N–H and O–H groups in total. The number of halogens is 1. The summed E-state index contributed by atoms with van der Waals surface area (Å²) in [5, 5.41) is 6.41. The number of para-hydroxylation sites is 1. The van der Waals surface area contributed by atoms with E-state index >= 15 is 0 Å². The number of anilines is 1. The van der Waals surface area contributed by atoms with Gasteiger partial charge in [-0.2, -0.15) is 0 Å². The third-order valence-electron chi connectivity index (χ3n) is 4.39. The summed E-state index contributed by atoms with van der Waals surface area (Å²) < 4.78 is 0. The summed E-state index contributed by atoms with van der Waals surface area (Å²) in [7, 11) is 0. The summed E-state index contributed by atoms with van der Waals surface area (Å²) in [6.07, 6.45) is 0. The lowest BCUT2D eigenvalue weighted by Crippen LogP contribution is -2.42. The van der Waals surface area contributed by atoms with Crippen LogP contribution in [-0.2, 0) is 4.79 Å². The molecule has 0 aliphatic carbocycles. The molecule has 1 aromatic rings. The second-order valence-corrected chi connectivity index (χ2v) is 5.66. The van der Waals surface area contributed by atoms with Crippen LogP contribution < -0.4 is 10.6 Å². The van der Waals surface area contributed by atoms with Crippen LogP contribution in [-0.4, -0.2) is 43.0 Å². The number of rotatable bonds is 3. The van der Waals surface area contributed by atoms with Crippen LogP contribution in [0.3, 0.4) is 0 Å². The van der Waals surface area contributed by atoms with Gasteiger partial charge in [0.2, 0.25) is 5.91 Å². The molecule has 0 spiro atoms. The normalized spacial score (nSPS) is 26.6. The van der Waals surface area contributed by atoms with Crippen molar-refractivity contribution in [3.8, 4) is 0 Å². The van der Waals surface area contributed by atoms with Crippen molar-refractivity contribution in [3.05, 3.63) is 30.3 Å². The molecule has 3 rings (SSSR count). The number of fused-ring (bicyclic) bond motifs is 1. The molecule has 2 saturated heterocycles. The van der Waals surface area contributed by atoms with Crippen molar-refractivity contribution in [2.75, 3.05) is 31.5 Å². The summed E-state index contributed by atoms with van der Waals surface area (Å²) in [5.74, 6) is 1.55. The number of benzene rings is 1. The fourth-order valence-electron chi connectivity index (χ4n) is 3.14. The first kappa shape index (κ1) is 15.3. The van der Waals surface area contributed by atoms with E-state index in [0.29, 0.717) is 0 Å². The average molecular weight is 296 g/mol. The number of likely N-dealkylation sites (tertiary alicyclic amines) is 1. The molecule has 0 radical (unpaired) electrons. The molecular weight excluding hydrogens is 274 g/mol. The maximum Gasteiger partial charge on any atom is 0.241 e. The van der Waals surface area contributed by atoms with Crippen molar-refractivity contribution >= 4 is 24.0 Å². The SMILES string of the molecule is CC(C(=O)Nc1ccccc1)N1C[C@H]2CNC[C@H]2C1.Cl. The lowest BCUT2D eigenvalue weighted by atomic mass is 10.0. The molecule has 2 aliphatic rings. The molecule has 1 aromatic carbocycles. The van der Waals surface area contributed by atoms with Crippen LogP contribution in [0.1, 0.15) is 6.92 Å². The zero-order chi connectivity index (χ0) is 13.2. The quantitative estimate of drug-likeness (QED) is 0.890. The van der Waals surface area contributed by atoms with Crippen molar-refractivity contribution in [1.29, 1.82) is 0 Å². The van der Waals surface area contributed by atoms with Gasteiger partial charge in [-0.05, 0) is 44.0 Å². The zero-order valence-electron chi connectivity index (χ0n) is 11.7. The molecule has 20 heavy (non-hydrogen) atoms. The Morgan fingerprint density at radius 2 is 1.85 bits per heavy atom. The minimum absolute atomic E-state index is 0. The second-order valence-electron chi connectivity index (χ2n) is 5.66. The van der Waals surface area contributed by atoms with Gasteiger partial charge in [-0.3, -0.25) is 9.69 Å². The molecule has 0 saturated carbocycles. The van der Waals surface area contributed by atoms with E-state index in [9.17, 15) is 4.79 Å². The van der Waals surface area contributed by atoms with Gasteiger partial charge in [0, 0.05) is 18.8 Å². The second kappa shape index (κ2) is 6.57. The molecule has 1 amide bonds. The van der Waals surface area contributed by atoms with Gasteiger partial charge in [-0.15, -0.1) is 12.4 Å². The van der Waals surface area contributed by atoms with Gasteiger partial charge in [0.15, 0.2) is 0 Å². The first-order valence-electron chi connectivity index (χ1n) is 7.04. The van der Waals surface area contributed by atoms with Crippen molar-refractivity contribution < 1.29 is 4.79 Å². The third kappa shape index (κ3) is 3.14. The molecule has 0 bridgehead atoms. The Labute approximate surface area is 126 Å². The number of amides is 1.